The SMILES string of the molecule is COC1CCC2C(C1)CC1C2C2(CCN(C(=O)OC(C)(C)C)CC2)CN(C(C)=O)[C@H]1C. The number of ether oxygens (including phenoxy) is 2. The zero-order chi connectivity index (χ0) is 22.6. The van der Waals surface area contributed by atoms with Crippen LogP contribution in [-0.2, 0) is 14.3 Å². The minimum Gasteiger partial charge on any atom is -0.444 e. The van der Waals surface area contributed by atoms with Gasteiger partial charge in [0.25, 0.3) is 0 Å². The summed E-state index contributed by atoms with van der Waals surface area (Å²) in [6, 6.07) is 0.309. The summed E-state index contributed by atoms with van der Waals surface area (Å²) < 4.78 is 11.4. The molecular formula is C25H42N2O4. The lowest BCUT2D eigenvalue weighted by molar-refractivity contribution is -0.147. The van der Waals surface area contributed by atoms with E-state index in [1.165, 1.54) is 19.3 Å². The Morgan fingerprint density at radius 2 is 1.71 bits per heavy atom. The molecule has 1 spiro atoms. The van der Waals surface area contributed by atoms with Gasteiger partial charge in [0.2, 0.25) is 5.91 Å². The first kappa shape index (κ1) is 22.9. The third-order valence-electron chi connectivity index (χ3n) is 8.94. The summed E-state index contributed by atoms with van der Waals surface area (Å²) in [5.41, 5.74) is -0.345. The van der Waals surface area contributed by atoms with Gasteiger partial charge in [-0.2, -0.15) is 0 Å². The van der Waals surface area contributed by atoms with Gasteiger partial charge in [0.15, 0.2) is 0 Å². The molecule has 2 aliphatic heterocycles. The molecule has 2 aliphatic carbocycles. The van der Waals surface area contributed by atoms with E-state index in [9.17, 15) is 9.59 Å². The molecule has 6 heteroatoms. The lowest BCUT2D eigenvalue weighted by atomic mass is 9.57. The van der Waals surface area contributed by atoms with Gasteiger partial charge < -0.3 is 19.3 Å². The average Bonchev–Trinajstić information content (AvgIpc) is 3.09. The zero-order valence-corrected chi connectivity index (χ0v) is 20.4. The zero-order valence-electron chi connectivity index (χ0n) is 20.4. The highest BCUT2D eigenvalue weighted by atomic mass is 16.6. The highest BCUT2D eigenvalue weighted by Crippen LogP contribution is 2.62. The molecule has 6 atom stereocenters. The fourth-order valence-corrected chi connectivity index (χ4v) is 7.59. The summed E-state index contributed by atoms with van der Waals surface area (Å²) >= 11 is 0. The van der Waals surface area contributed by atoms with Crippen molar-refractivity contribution in [3.63, 3.8) is 0 Å². The molecule has 4 fully saturated rings. The van der Waals surface area contributed by atoms with Gasteiger partial charge in [-0.1, -0.05) is 0 Å². The van der Waals surface area contributed by atoms with E-state index in [0.29, 0.717) is 29.9 Å². The molecule has 0 radical (unpaired) electrons. The average molecular weight is 435 g/mol. The summed E-state index contributed by atoms with van der Waals surface area (Å²) in [7, 11) is 1.85. The third kappa shape index (κ3) is 4.21. The highest BCUT2D eigenvalue weighted by Gasteiger charge is 2.60. The smallest absolute Gasteiger partial charge is 0.410 e. The Bertz CT molecular complexity index is 694. The molecule has 6 nitrogen and oxygen atoms in total. The lowest BCUT2D eigenvalue weighted by Crippen LogP contribution is -2.62. The molecule has 4 rings (SSSR count). The van der Waals surface area contributed by atoms with Gasteiger partial charge in [-0.15, -0.1) is 0 Å². The highest BCUT2D eigenvalue weighted by molar-refractivity contribution is 5.74. The Kier molecular flexibility index (Phi) is 6.08. The van der Waals surface area contributed by atoms with E-state index in [2.05, 4.69) is 11.8 Å². The molecule has 2 heterocycles. The van der Waals surface area contributed by atoms with Crippen LogP contribution in [0.15, 0.2) is 0 Å². The summed E-state index contributed by atoms with van der Waals surface area (Å²) in [5.74, 6) is 2.87. The molecule has 0 aromatic carbocycles. The van der Waals surface area contributed by atoms with Crippen LogP contribution in [0.1, 0.15) is 73.1 Å². The van der Waals surface area contributed by atoms with Crippen molar-refractivity contribution in [3.05, 3.63) is 0 Å². The summed E-state index contributed by atoms with van der Waals surface area (Å²) in [6.07, 6.45) is 6.93. The molecule has 5 unspecified atom stereocenters. The number of carbonyl (C=O) groups is 2. The standard InChI is InChI=1S/C25H42N2O4/c1-16-21-14-18-13-19(30-6)7-8-20(18)22(21)25(15-27(16)17(2)28)9-11-26(12-10-25)23(29)31-24(3,4)5/h16,18-22H,7-15H2,1-6H3/t16-,18?,19?,20?,21?,22?/m0/s1. The molecule has 0 N–H and O–H groups in total. The number of hydrogen-bond donors (Lipinski definition) is 0. The van der Waals surface area contributed by atoms with E-state index in [1.54, 1.807) is 6.92 Å². The number of rotatable bonds is 1. The van der Waals surface area contributed by atoms with E-state index in [0.717, 1.165) is 44.8 Å². The fourth-order valence-electron chi connectivity index (χ4n) is 7.59. The second-order valence-corrected chi connectivity index (χ2v) is 11.7. The first-order valence-corrected chi connectivity index (χ1v) is 12.3. The van der Waals surface area contributed by atoms with Gasteiger partial charge in [0, 0.05) is 39.7 Å². The van der Waals surface area contributed by atoms with Gasteiger partial charge in [-0.3, -0.25) is 4.79 Å². The summed E-state index contributed by atoms with van der Waals surface area (Å²) in [5, 5.41) is 0. The number of fused-ring (bicyclic) bond motifs is 4. The van der Waals surface area contributed by atoms with Gasteiger partial charge in [-0.25, -0.2) is 4.79 Å². The van der Waals surface area contributed by atoms with E-state index in [1.807, 2.05) is 32.8 Å². The number of likely N-dealkylation sites (tertiary alicyclic amines) is 2. The quantitative estimate of drug-likeness (QED) is 0.617. The molecule has 4 aliphatic rings. The minimum absolute atomic E-state index is 0.126. The Morgan fingerprint density at radius 3 is 2.29 bits per heavy atom. The monoisotopic (exact) mass is 434 g/mol. The molecule has 2 saturated heterocycles. The lowest BCUT2D eigenvalue weighted by Gasteiger charge is -2.57. The first-order chi connectivity index (χ1) is 14.5. The van der Waals surface area contributed by atoms with Gasteiger partial charge >= 0.3 is 6.09 Å². The molecule has 0 aromatic rings. The second-order valence-electron chi connectivity index (χ2n) is 11.7. The Hall–Kier alpha value is -1.30. The van der Waals surface area contributed by atoms with Crippen LogP contribution in [0.25, 0.3) is 0 Å². The fraction of sp³-hybridized carbons (Fsp3) is 0.920. The van der Waals surface area contributed by atoms with Crippen molar-refractivity contribution in [3.8, 4) is 0 Å². The van der Waals surface area contributed by atoms with Crippen molar-refractivity contribution in [1.82, 2.24) is 9.80 Å². The predicted octanol–water partition coefficient (Wildman–Crippen LogP) is 4.32. The number of nitrogens with zero attached hydrogens (tertiary/aromatic N) is 2. The van der Waals surface area contributed by atoms with Gasteiger partial charge in [-0.05, 0) is 95.3 Å². The molecule has 176 valence electrons. The molecule has 2 saturated carbocycles. The number of carbonyl (C=O) groups excluding carboxylic acids is 2. The van der Waals surface area contributed by atoms with Crippen LogP contribution in [-0.4, -0.2) is 66.3 Å². The van der Waals surface area contributed by atoms with Gasteiger partial charge in [0.05, 0.1) is 6.10 Å². The van der Waals surface area contributed by atoms with Crippen LogP contribution in [0, 0.1) is 29.1 Å². The van der Waals surface area contributed by atoms with E-state index in [4.69, 9.17) is 9.47 Å². The molecular weight excluding hydrogens is 392 g/mol. The van der Waals surface area contributed by atoms with E-state index >= 15 is 0 Å². The summed E-state index contributed by atoms with van der Waals surface area (Å²) in [4.78, 5) is 29.3. The van der Waals surface area contributed by atoms with E-state index < -0.39 is 5.60 Å². The summed E-state index contributed by atoms with van der Waals surface area (Å²) in [6.45, 7) is 12.1. The van der Waals surface area contributed by atoms with Crippen molar-refractivity contribution in [2.45, 2.75) is 90.9 Å². The number of methoxy groups -OCH3 is 1. The topological polar surface area (TPSA) is 59.1 Å². The van der Waals surface area contributed by atoms with E-state index in [-0.39, 0.29) is 17.4 Å². The predicted molar refractivity (Wildman–Crippen MR) is 120 cm³/mol. The number of piperidine rings is 2. The maximum absolute atomic E-state index is 12.7. The Labute approximate surface area is 188 Å². The largest absolute Gasteiger partial charge is 0.444 e. The maximum Gasteiger partial charge on any atom is 0.410 e. The Balaban J connectivity index is 1.56. The van der Waals surface area contributed by atoms with Crippen LogP contribution in [0.3, 0.4) is 0 Å². The third-order valence-corrected chi connectivity index (χ3v) is 8.94. The van der Waals surface area contributed by atoms with Crippen LogP contribution in [0.2, 0.25) is 0 Å². The van der Waals surface area contributed by atoms with Crippen molar-refractivity contribution in [2.75, 3.05) is 26.7 Å². The Morgan fingerprint density at radius 1 is 1.03 bits per heavy atom. The van der Waals surface area contributed by atoms with Crippen molar-refractivity contribution in [1.29, 1.82) is 0 Å². The number of amides is 2. The van der Waals surface area contributed by atoms with Crippen molar-refractivity contribution < 1.29 is 19.1 Å². The van der Waals surface area contributed by atoms with Crippen LogP contribution >= 0.6 is 0 Å². The molecule has 0 bridgehead atoms. The van der Waals surface area contributed by atoms with Gasteiger partial charge in [0.1, 0.15) is 5.60 Å². The molecule has 0 aromatic heterocycles. The number of hydrogen-bond acceptors (Lipinski definition) is 4. The second kappa shape index (κ2) is 8.24. The van der Waals surface area contributed by atoms with Crippen LogP contribution in [0.5, 0.6) is 0 Å². The van der Waals surface area contributed by atoms with Crippen LogP contribution in [0.4, 0.5) is 4.79 Å². The normalized spacial score (nSPS) is 37.4. The molecule has 2 amide bonds. The maximum atomic E-state index is 12.7. The van der Waals surface area contributed by atoms with Crippen molar-refractivity contribution in [2.24, 2.45) is 29.1 Å². The molecule has 31 heavy (non-hydrogen) atoms. The first-order valence-electron chi connectivity index (χ1n) is 12.3. The van der Waals surface area contributed by atoms with Crippen LogP contribution < -0.4 is 0 Å². The van der Waals surface area contributed by atoms with Crippen molar-refractivity contribution >= 4 is 12.0 Å². The minimum atomic E-state index is -0.471.